The van der Waals surface area contributed by atoms with Gasteiger partial charge in [0.05, 0.1) is 23.0 Å². The number of amides is 1. The molecule has 0 bridgehead atoms. The molecule has 1 heterocycles. The van der Waals surface area contributed by atoms with E-state index in [0.29, 0.717) is 23.7 Å². The Morgan fingerprint density at radius 1 is 1.29 bits per heavy atom. The van der Waals surface area contributed by atoms with Crippen molar-refractivity contribution in [1.82, 2.24) is 15.1 Å². The van der Waals surface area contributed by atoms with Gasteiger partial charge in [-0.2, -0.15) is 5.10 Å². The van der Waals surface area contributed by atoms with Crippen LogP contribution in [0.25, 0.3) is 0 Å². The van der Waals surface area contributed by atoms with Crippen LogP contribution in [0.4, 0.5) is 0 Å². The molecule has 2 rings (SSSR count). The van der Waals surface area contributed by atoms with Crippen molar-refractivity contribution in [3.05, 3.63) is 51.8 Å². The van der Waals surface area contributed by atoms with Crippen LogP contribution in [0.1, 0.15) is 40.7 Å². The van der Waals surface area contributed by atoms with Crippen molar-refractivity contribution in [2.75, 3.05) is 6.54 Å². The topological polar surface area (TPSA) is 46.9 Å². The van der Waals surface area contributed by atoms with Gasteiger partial charge in [-0.1, -0.05) is 30.7 Å². The number of nitrogens with zero attached hydrogens (tertiary/aromatic N) is 2. The lowest BCUT2D eigenvalue weighted by Gasteiger charge is -2.07. The van der Waals surface area contributed by atoms with Crippen LogP contribution < -0.4 is 5.32 Å². The summed E-state index contributed by atoms with van der Waals surface area (Å²) in [6.45, 7) is 7.23. The monoisotopic (exact) mass is 305 g/mol. The van der Waals surface area contributed by atoms with E-state index in [-0.39, 0.29) is 5.91 Å². The molecule has 0 atom stereocenters. The van der Waals surface area contributed by atoms with Gasteiger partial charge in [0.25, 0.3) is 5.91 Å². The highest BCUT2D eigenvalue weighted by molar-refractivity contribution is 6.31. The first-order valence-electron chi connectivity index (χ1n) is 7.09. The molecule has 112 valence electrons. The van der Waals surface area contributed by atoms with Gasteiger partial charge in [-0.25, -0.2) is 0 Å². The predicted molar refractivity (Wildman–Crippen MR) is 84.9 cm³/mol. The molecule has 0 aliphatic carbocycles. The highest BCUT2D eigenvalue weighted by Crippen LogP contribution is 2.19. The van der Waals surface area contributed by atoms with Crippen molar-refractivity contribution in [1.29, 1.82) is 0 Å². The second-order valence-corrected chi connectivity index (χ2v) is 5.47. The van der Waals surface area contributed by atoms with Gasteiger partial charge in [0.1, 0.15) is 0 Å². The largest absolute Gasteiger partial charge is 0.352 e. The quantitative estimate of drug-likeness (QED) is 0.921. The third kappa shape index (κ3) is 3.64. The summed E-state index contributed by atoms with van der Waals surface area (Å²) in [7, 11) is 0. The molecule has 0 radical (unpaired) electrons. The standard InChI is InChI=1S/C16H20ClN3O/c1-4-9-18-16(21)14-7-5-13(6-8-14)10-20-12(3)15(17)11(2)19-20/h5-8H,4,9-10H2,1-3H3,(H,18,21). The first-order valence-corrected chi connectivity index (χ1v) is 7.47. The maximum atomic E-state index is 11.8. The molecule has 21 heavy (non-hydrogen) atoms. The zero-order valence-corrected chi connectivity index (χ0v) is 13.4. The normalized spacial score (nSPS) is 10.7. The fourth-order valence-corrected chi connectivity index (χ4v) is 2.24. The lowest BCUT2D eigenvalue weighted by molar-refractivity contribution is 0.0953. The number of carbonyl (C=O) groups is 1. The summed E-state index contributed by atoms with van der Waals surface area (Å²) in [5.74, 6) is -0.0300. The maximum Gasteiger partial charge on any atom is 0.251 e. The fraction of sp³-hybridized carbons (Fsp3) is 0.375. The Kier molecular flexibility index (Phi) is 5.02. The van der Waals surface area contributed by atoms with E-state index in [1.165, 1.54) is 0 Å². The molecule has 1 aromatic heterocycles. The van der Waals surface area contributed by atoms with E-state index in [0.717, 1.165) is 23.4 Å². The average Bonchev–Trinajstić information content (AvgIpc) is 2.73. The van der Waals surface area contributed by atoms with Gasteiger partial charge >= 0.3 is 0 Å². The van der Waals surface area contributed by atoms with Crippen molar-refractivity contribution in [3.63, 3.8) is 0 Å². The van der Waals surface area contributed by atoms with Crippen LogP contribution in [0.3, 0.4) is 0 Å². The molecule has 0 fully saturated rings. The molecule has 0 unspecified atom stereocenters. The predicted octanol–water partition coefficient (Wildman–Crippen LogP) is 3.34. The van der Waals surface area contributed by atoms with Crippen LogP contribution in [0, 0.1) is 13.8 Å². The highest BCUT2D eigenvalue weighted by Gasteiger charge is 2.10. The van der Waals surface area contributed by atoms with Crippen LogP contribution in [0.5, 0.6) is 0 Å². The van der Waals surface area contributed by atoms with E-state index in [1.54, 1.807) is 0 Å². The Labute approximate surface area is 130 Å². The van der Waals surface area contributed by atoms with E-state index in [4.69, 9.17) is 11.6 Å². The van der Waals surface area contributed by atoms with Crippen LogP contribution in [-0.4, -0.2) is 22.2 Å². The van der Waals surface area contributed by atoms with Gasteiger partial charge in [0.2, 0.25) is 0 Å². The number of aromatic nitrogens is 2. The molecule has 5 heteroatoms. The Morgan fingerprint density at radius 2 is 1.95 bits per heavy atom. The molecular formula is C16H20ClN3O. The zero-order chi connectivity index (χ0) is 15.4. The van der Waals surface area contributed by atoms with E-state index < -0.39 is 0 Å². The number of aryl methyl sites for hydroxylation is 1. The summed E-state index contributed by atoms with van der Waals surface area (Å²) in [5, 5.41) is 7.99. The molecule has 2 aromatic rings. The highest BCUT2D eigenvalue weighted by atomic mass is 35.5. The number of halogens is 1. The number of carbonyl (C=O) groups excluding carboxylic acids is 1. The molecule has 0 saturated carbocycles. The van der Waals surface area contributed by atoms with Gasteiger partial charge in [0, 0.05) is 12.1 Å². The average molecular weight is 306 g/mol. The molecule has 0 saturated heterocycles. The summed E-state index contributed by atoms with van der Waals surface area (Å²) in [6.07, 6.45) is 0.933. The number of rotatable bonds is 5. The van der Waals surface area contributed by atoms with Crippen LogP contribution >= 0.6 is 11.6 Å². The summed E-state index contributed by atoms with van der Waals surface area (Å²) in [6, 6.07) is 7.58. The van der Waals surface area contributed by atoms with Gasteiger partial charge in [-0.3, -0.25) is 9.48 Å². The van der Waals surface area contributed by atoms with E-state index in [9.17, 15) is 4.79 Å². The van der Waals surface area contributed by atoms with Crippen molar-refractivity contribution in [2.24, 2.45) is 0 Å². The fourth-order valence-electron chi connectivity index (χ4n) is 2.10. The van der Waals surface area contributed by atoms with E-state index in [1.807, 2.05) is 49.7 Å². The first kappa shape index (κ1) is 15.6. The maximum absolute atomic E-state index is 11.8. The summed E-state index contributed by atoms with van der Waals surface area (Å²) < 4.78 is 1.88. The SMILES string of the molecule is CCCNC(=O)c1ccc(Cn2nc(C)c(Cl)c2C)cc1. The number of benzene rings is 1. The molecule has 1 aromatic carbocycles. The van der Waals surface area contributed by atoms with Gasteiger partial charge in [0.15, 0.2) is 0 Å². The Morgan fingerprint density at radius 3 is 2.48 bits per heavy atom. The van der Waals surface area contributed by atoms with Crippen molar-refractivity contribution < 1.29 is 4.79 Å². The molecule has 4 nitrogen and oxygen atoms in total. The number of nitrogens with one attached hydrogen (secondary N) is 1. The minimum atomic E-state index is -0.0300. The van der Waals surface area contributed by atoms with Crippen molar-refractivity contribution >= 4 is 17.5 Å². The zero-order valence-electron chi connectivity index (χ0n) is 12.6. The molecule has 1 N–H and O–H groups in total. The minimum absolute atomic E-state index is 0.0300. The first-order chi connectivity index (χ1) is 10.0. The summed E-state index contributed by atoms with van der Waals surface area (Å²) >= 11 is 6.14. The number of hydrogen-bond donors (Lipinski definition) is 1. The van der Waals surface area contributed by atoms with Crippen LogP contribution in [0.2, 0.25) is 5.02 Å². The molecule has 0 spiro atoms. The minimum Gasteiger partial charge on any atom is -0.352 e. The number of hydrogen-bond acceptors (Lipinski definition) is 2. The molecular weight excluding hydrogens is 286 g/mol. The lowest BCUT2D eigenvalue weighted by atomic mass is 10.1. The lowest BCUT2D eigenvalue weighted by Crippen LogP contribution is -2.23. The van der Waals surface area contributed by atoms with Crippen LogP contribution in [-0.2, 0) is 6.54 Å². The van der Waals surface area contributed by atoms with Crippen molar-refractivity contribution in [3.8, 4) is 0 Å². The second-order valence-electron chi connectivity index (χ2n) is 5.10. The third-order valence-electron chi connectivity index (χ3n) is 3.38. The van der Waals surface area contributed by atoms with Gasteiger partial charge in [-0.05, 0) is 38.0 Å². The van der Waals surface area contributed by atoms with Crippen LogP contribution in [0.15, 0.2) is 24.3 Å². The van der Waals surface area contributed by atoms with Gasteiger partial charge < -0.3 is 5.32 Å². The molecule has 0 aliphatic rings. The van der Waals surface area contributed by atoms with Gasteiger partial charge in [-0.15, -0.1) is 0 Å². The second kappa shape index (κ2) is 6.76. The Balaban J connectivity index is 2.09. The third-order valence-corrected chi connectivity index (χ3v) is 3.92. The smallest absolute Gasteiger partial charge is 0.251 e. The molecule has 1 amide bonds. The summed E-state index contributed by atoms with van der Waals surface area (Å²) in [4.78, 5) is 11.8. The summed E-state index contributed by atoms with van der Waals surface area (Å²) in [5.41, 5.74) is 3.56. The van der Waals surface area contributed by atoms with E-state index >= 15 is 0 Å². The Hall–Kier alpha value is -1.81. The van der Waals surface area contributed by atoms with Crippen molar-refractivity contribution in [2.45, 2.75) is 33.7 Å². The Bertz CT molecular complexity index is 632. The van der Waals surface area contributed by atoms with E-state index in [2.05, 4.69) is 10.4 Å². The molecule has 0 aliphatic heterocycles.